The normalized spacial score (nSPS) is 12.5. The molecule has 0 aliphatic heterocycles. The van der Waals surface area contributed by atoms with E-state index in [2.05, 4.69) is 10.1 Å². The lowest BCUT2D eigenvalue weighted by molar-refractivity contribution is 0.400. The Kier molecular flexibility index (Phi) is 6.41. The lowest BCUT2D eigenvalue weighted by Gasteiger charge is -2.02. The summed E-state index contributed by atoms with van der Waals surface area (Å²) >= 11 is 0. The lowest BCUT2D eigenvalue weighted by Crippen LogP contribution is -2.26. The molecule has 21 heavy (non-hydrogen) atoms. The molecule has 1 heterocycles. The van der Waals surface area contributed by atoms with Crippen molar-refractivity contribution >= 4 is 12.0 Å². The summed E-state index contributed by atoms with van der Waals surface area (Å²) in [5, 5.41) is 3.80. The summed E-state index contributed by atoms with van der Waals surface area (Å²) in [6, 6.07) is 0. The standard InChI is InChI=1S/C13H17F2N5O/c1-3-5-6-11(17-4-2)19-9-18-20(13(19)21)8-10(7-16)12(14)15/h3-6,9H,7-8,16H2,1-2H3/b5-3-,11-6+,17-4-. The number of aromatic nitrogens is 3. The molecule has 0 saturated heterocycles. The van der Waals surface area contributed by atoms with E-state index in [9.17, 15) is 13.6 Å². The predicted molar refractivity (Wildman–Crippen MR) is 78.0 cm³/mol. The molecule has 0 aliphatic rings. The molecule has 0 bridgehead atoms. The minimum Gasteiger partial charge on any atom is -0.327 e. The van der Waals surface area contributed by atoms with Crippen molar-refractivity contribution in [2.45, 2.75) is 20.4 Å². The molecule has 8 heteroatoms. The van der Waals surface area contributed by atoms with Crippen LogP contribution in [0.5, 0.6) is 0 Å². The van der Waals surface area contributed by atoms with Gasteiger partial charge in [0.2, 0.25) is 0 Å². The first-order valence-electron chi connectivity index (χ1n) is 6.24. The largest absolute Gasteiger partial charge is 0.351 e. The van der Waals surface area contributed by atoms with Crippen molar-refractivity contribution in [1.29, 1.82) is 0 Å². The highest BCUT2D eigenvalue weighted by Crippen LogP contribution is 2.08. The molecular weight excluding hydrogens is 280 g/mol. The average Bonchev–Trinajstić information content (AvgIpc) is 2.81. The van der Waals surface area contributed by atoms with Crippen LogP contribution in [0.1, 0.15) is 13.8 Å². The summed E-state index contributed by atoms with van der Waals surface area (Å²) in [7, 11) is 0. The minimum absolute atomic E-state index is 0.333. The van der Waals surface area contributed by atoms with E-state index in [4.69, 9.17) is 5.73 Å². The van der Waals surface area contributed by atoms with E-state index in [0.29, 0.717) is 5.82 Å². The van der Waals surface area contributed by atoms with Crippen LogP contribution < -0.4 is 11.4 Å². The van der Waals surface area contributed by atoms with Crippen molar-refractivity contribution in [3.63, 3.8) is 0 Å². The van der Waals surface area contributed by atoms with Gasteiger partial charge in [-0.1, -0.05) is 12.2 Å². The molecule has 0 aromatic carbocycles. The number of nitrogens with two attached hydrogens (primary N) is 1. The van der Waals surface area contributed by atoms with Crippen LogP contribution in [-0.4, -0.2) is 27.1 Å². The predicted octanol–water partition coefficient (Wildman–Crippen LogP) is 1.62. The highest BCUT2D eigenvalue weighted by molar-refractivity contribution is 5.63. The maximum atomic E-state index is 12.6. The summed E-state index contributed by atoms with van der Waals surface area (Å²) in [5.74, 6) is 0.339. The van der Waals surface area contributed by atoms with E-state index in [1.807, 2.05) is 6.92 Å². The Morgan fingerprint density at radius 1 is 1.48 bits per heavy atom. The fraction of sp³-hybridized carbons (Fsp3) is 0.308. The molecule has 6 nitrogen and oxygen atoms in total. The fourth-order valence-electron chi connectivity index (χ4n) is 1.49. The van der Waals surface area contributed by atoms with Gasteiger partial charge in [-0.15, -0.1) is 0 Å². The molecule has 114 valence electrons. The molecule has 0 fully saturated rings. The lowest BCUT2D eigenvalue weighted by atomic mass is 10.3. The first-order chi connectivity index (χ1) is 10.0. The minimum atomic E-state index is -1.89. The third kappa shape index (κ3) is 4.32. The van der Waals surface area contributed by atoms with Gasteiger partial charge in [-0.25, -0.2) is 19.0 Å². The van der Waals surface area contributed by atoms with Crippen LogP contribution in [0.3, 0.4) is 0 Å². The van der Waals surface area contributed by atoms with E-state index in [1.165, 1.54) is 17.1 Å². The third-order valence-electron chi connectivity index (χ3n) is 2.53. The molecule has 1 aromatic heterocycles. The van der Waals surface area contributed by atoms with E-state index in [-0.39, 0.29) is 18.7 Å². The van der Waals surface area contributed by atoms with Crippen molar-refractivity contribution in [1.82, 2.24) is 14.3 Å². The molecule has 0 radical (unpaired) electrons. The Bertz CT molecular complexity index is 648. The van der Waals surface area contributed by atoms with E-state index < -0.39 is 11.8 Å². The summed E-state index contributed by atoms with van der Waals surface area (Å²) in [6.07, 6.45) is 5.95. The zero-order valence-electron chi connectivity index (χ0n) is 11.8. The first-order valence-corrected chi connectivity index (χ1v) is 6.24. The molecule has 0 atom stereocenters. The quantitative estimate of drug-likeness (QED) is 0.640. The van der Waals surface area contributed by atoms with Crippen molar-refractivity contribution in [2.75, 3.05) is 6.54 Å². The highest BCUT2D eigenvalue weighted by Gasteiger charge is 2.12. The number of hydrogen-bond acceptors (Lipinski definition) is 4. The maximum absolute atomic E-state index is 12.6. The number of nitrogens with zero attached hydrogens (tertiary/aromatic N) is 4. The molecule has 0 spiro atoms. The Labute approximate surface area is 120 Å². The second-order valence-corrected chi connectivity index (χ2v) is 3.95. The monoisotopic (exact) mass is 297 g/mol. The Balaban J connectivity index is 3.20. The van der Waals surface area contributed by atoms with Gasteiger partial charge in [0.1, 0.15) is 12.1 Å². The molecule has 1 aromatic rings. The maximum Gasteiger partial charge on any atom is 0.351 e. The molecule has 0 amide bonds. The fourth-order valence-corrected chi connectivity index (χ4v) is 1.49. The van der Waals surface area contributed by atoms with Gasteiger partial charge >= 0.3 is 5.69 Å². The SMILES string of the molecule is C\C=C/C=C(\N=C/C)n1cnn(CC(CN)=C(F)F)c1=O. The van der Waals surface area contributed by atoms with Crippen molar-refractivity contribution < 1.29 is 8.78 Å². The summed E-state index contributed by atoms with van der Waals surface area (Å²) in [4.78, 5) is 16.2. The smallest absolute Gasteiger partial charge is 0.327 e. The zero-order chi connectivity index (χ0) is 15.8. The van der Waals surface area contributed by atoms with Crippen LogP contribution in [0.4, 0.5) is 8.78 Å². The van der Waals surface area contributed by atoms with E-state index in [1.54, 1.807) is 25.2 Å². The molecule has 0 unspecified atom stereocenters. The molecule has 0 aliphatic carbocycles. The van der Waals surface area contributed by atoms with Crippen LogP contribution in [0.2, 0.25) is 0 Å². The number of hydrogen-bond donors (Lipinski definition) is 1. The van der Waals surface area contributed by atoms with Crippen LogP contribution >= 0.6 is 0 Å². The van der Waals surface area contributed by atoms with Gasteiger partial charge in [-0.2, -0.15) is 13.9 Å². The van der Waals surface area contributed by atoms with Gasteiger partial charge in [-0.05, 0) is 19.9 Å². The Hall–Kier alpha value is -2.35. The van der Waals surface area contributed by atoms with E-state index >= 15 is 0 Å². The van der Waals surface area contributed by atoms with Crippen molar-refractivity contribution in [3.8, 4) is 0 Å². The van der Waals surface area contributed by atoms with E-state index in [0.717, 1.165) is 4.68 Å². The van der Waals surface area contributed by atoms with Gasteiger partial charge < -0.3 is 5.73 Å². The van der Waals surface area contributed by atoms with Crippen LogP contribution in [-0.2, 0) is 6.54 Å². The third-order valence-corrected chi connectivity index (χ3v) is 2.53. The highest BCUT2D eigenvalue weighted by atomic mass is 19.3. The average molecular weight is 297 g/mol. The second-order valence-electron chi connectivity index (χ2n) is 3.95. The van der Waals surface area contributed by atoms with Gasteiger partial charge in [0.15, 0.2) is 0 Å². The Morgan fingerprint density at radius 2 is 2.19 bits per heavy atom. The first kappa shape index (κ1) is 16.7. The Morgan fingerprint density at radius 3 is 2.71 bits per heavy atom. The van der Waals surface area contributed by atoms with Crippen molar-refractivity contribution in [3.05, 3.63) is 46.7 Å². The molecule has 1 rings (SSSR count). The second kappa shape index (κ2) is 8.05. The number of aliphatic imine (C=N–C) groups is 1. The van der Waals surface area contributed by atoms with Gasteiger partial charge in [-0.3, -0.25) is 0 Å². The number of halogens is 2. The van der Waals surface area contributed by atoms with Gasteiger partial charge in [0.05, 0.1) is 6.54 Å². The number of allylic oxidation sites excluding steroid dienone is 3. The summed E-state index contributed by atoms with van der Waals surface area (Å²) in [5.41, 5.74) is 4.32. The molecular formula is C13H17F2N5O. The molecule has 0 saturated carbocycles. The van der Waals surface area contributed by atoms with Crippen molar-refractivity contribution in [2.24, 2.45) is 10.7 Å². The summed E-state index contributed by atoms with van der Waals surface area (Å²) < 4.78 is 27.2. The van der Waals surface area contributed by atoms with Crippen LogP contribution in [0.25, 0.3) is 5.82 Å². The van der Waals surface area contributed by atoms with Crippen LogP contribution in [0.15, 0.2) is 46.0 Å². The zero-order valence-corrected chi connectivity index (χ0v) is 11.8. The summed E-state index contributed by atoms with van der Waals surface area (Å²) in [6.45, 7) is 2.83. The van der Waals surface area contributed by atoms with Crippen LogP contribution in [0, 0.1) is 0 Å². The van der Waals surface area contributed by atoms with Gasteiger partial charge in [0.25, 0.3) is 6.08 Å². The van der Waals surface area contributed by atoms with Gasteiger partial charge in [0, 0.05) is 18.3 Å². The molecule has 2 N–H and O–H groups in total. The number of rotatable bonds is 6. The topological polar surface area (TPSA) is 78.2 Å².